The van der Waals surface area contributed by atoms with Crippen molar-refractivity contribution in [3.05, 3.63) is 0 Å². The molecule has 1 heterocycles. The third-order valence-electron chi connectivity index (χ3n) is 5.01. The van der Waals surface area contributed by atoms with Crippen LogP contribution in [-0.4, -0.2) is 21.9 Å². The van der Waals surface area contributed by atoms with Gasteiger partial charge in [-0.1, -0.05) is 19.8 Å². The fraction of sp³-hybridized carbons (Fsp3) is 1.00. The summed E-state index contributed by atoms with van der Waals surface area (Å²) in [6.07, 6.45) is 5.37. The highest BCUT2D eigenvalue weighted by Crippen LogP contribution is 2.54. The zero-order valence-corrected chi connectivity index (χ0v) is 12.0. The number of aliphatic hydroxyl groups is 1. The fourth-order valence-electron chi connectivity index (χ4n) is 4.44. The van der Waals surface area contributed by atoms with Gasteiger partial charge in [-0.2, -0.15) is 0 Å². The second-order valence-corrected chi connectivity index (χ2v) is 7.21. The van der Waals surface area contributed by atoms with Crippen molar-refractivity contribution in [3.63, 3.8) is 0 Å². The summed E-state index contributed by atoms with van der Waals surface area (Å²) in [7, 11) is 0. The van der Waals surface area contributed by atoms with Crippen LogP contribution >= 0.6 is 0 Å². The highest BCUT2D eigenvalue weighted by atomic mass is 16.5. The maximum Gasteiger partial charge on any atom is 0.0732 e. The van der Waals surface area contributed by atoms with Gasteiger partial charge < -0.3 is 9.84 Å². The molecule has 3 unspecified atom stereocenters. The maximum absolute atomic E-state index is 11.1. The molecule has 0 bridgehead atoms. The van der Waals surface area contributed by atoms with E-state index < -0.39 is 5.60 Å². The Morgan fingerprint density at radius 3 is 2.35 bits per heavy atom. The molecule has 1 aliphatic carbocycles. The van der Waals surface area contributed by atoms with Crippen LogP contribution in [0, 0.1) is 11.8 Å². The van der Waals surface area contributed by atoms with Crippen molar-refractivity contribution in [1.29, 1.82) is 0 Å². The van der Waals surface area contributed by atoms with Crippen LogP contribution < -0.4 is 0 Å². The van der Waals surface area contributed by atoms with E-state index in [1.807, 2.05) is 0 Å². The van der Waals surface area contributed by atoms with Crippen LogP contribution in [0.1, 0.15) is 66.7 Å². The van der Waals surface area contributed by atoms with Crippen LogP contribution in [0.5, 0.6) is 0 Å². The summed E-state index contributed by atoms with van der Waals surface area (Å²) in [6, 6.07) is 0. The third-order valence-corrected chi connectivity index (χ3v) is 5.01. The van der Waals surface area contributed by atoms with Crippen molar-refractivity contribution < 1.29 is 9.84 Å². The van der Waals surface area contributed by atoms with Gasteiger partial charge in [0.25, 0.3) is 0 Å². The van der Waals surface area contributed by atoms with Gasteiger partial charge in [-0.25, -0.2) is 0 Å². The Balaban J connectivity index is 2.27. The van der Waals surface area contributed by atoms with Crippen LogP contribution in [0.2, 0.25) is 0 Å². The quantitative estimate of drug-likeness (QED) is 0.800. The largest absolute Gasteiger partial charge is 0.389 e. The monoisotopic (exact) mass is 240 g/mol. The summed E-state index contributed by atoms with van der Waals surface area (Å²) in [5, 5.41) is 11.1. The number of hydrogen-bond donors (Lipinski definition) is 1. The molecule has 2 rings (SSSR count). The van der Waals surface area contributed by atoms with Crippen molar-refractivity contribution in [2.45, 2.75) is 83.5 Å². The lowest BCUT2D eigenvalue weighted by Crippen LogP contribution is -2.48. The summed E-state index contributed by atoms with van der Waals surface area (Å²) in [6.45, 7) is 10.8. The molecule has 17 heavy (non-hydrogen) atoms. The van der Waals surface area contributed by atoms with Crippen molar-refractivity contribution >= 4 is 0 Å². The van der Waals surface area contributed by atoms with E-state index in [0.29, 0.717) is 5.92 Å². The van der Waals surface area contributed by atoms with E-state index in [0.717, 1.165) is 19.3 Å². The van der Waals surface area contributed by atoms with E-state index in [9.17, 15) is 5.11 Å². The summed E-state index contributed by atoms with van der Waals surface area (Å²) in [4.78, 5) is 0. The van der Waals surface area contributed by atoms with Crippen molar-refractivity contribution in [2.24, 2.45) is 11.8 Å². The van der Waals surface area contributed by atoms with Gasteiger partial charge in [0.15, 0.2) is 0 Å². The minimum Gasteiger partial charge on any atom is -0.389 e. The molecule has 0 aromatic carbocycles. The highest BCUT2D eigenvalue weighted by Gasteiger charge is 2.58. The summed E-state index contributed by atoms with van der Waals surface area (Å²) < 4.78 is 6.16. The SMILES string of the molecule is CCC1CCCC1(O)C1CC(C)(C)OC1(C)C. The van der Waals surface area contributed by atoms with Crippen LogP contribution in [0.3, 0.4) is 0 Å². The minimum absolute atomic E-state index is 0.0925. The van der Waals surface area contributed by atoms with Gasteiger partial charge >= 0.3 is 0 Å². The number of rotatable bonds is 2. The Morgan fingerprint density at radius 2 is 1.88 bits per heavy atom. The molecule has 2 heteroatoms. The van der Waals surface area contributed by atoms with E-state index in [1.165, 1.54) is 12.8 Å². The van der Waals surface area contributed by atoms with Crippen LogP contribution in [0.15, 0.2) is 0 Å². The normalized spacial score (nSPS) is 44.1. The van der Waals surface area contributed by atoms with Crippen molar-refractivity contribution in [3.8, 4) is 0 Å². The lowest BCUT2D eigenvalue weighted by molar-refractivity contribution is -0.126. The number of hydrogen-bond acceptors (Lipinski definition) is 2. The van der Waals surface area contributed by atoms with E-state index in [2.05, 4.69) is 34.6 Å². The molecule has 2 fully saturated rings. The van der Waals surface area contributed by atoms with Crippen LogP contribution in [0.4, 0.5) is 0 Å². The van der Waals surface area contributed by atoms with Crippen LogP contribution in [-0.2, 0) is 4.74 Å². The zero-order valence-electron chi connectivity index (χ0n) is 12.0. The topological polar surface area (TPSA) is 29.5 Å². The molecule has 100 valence electrons. The van der Waals surface area contributed by atoms with Gasteiger partial charge in [0, 0.05) is 5.92 Å². The minimum atomic E-state index is -0.494. The molecule has 2 nitrogen and oxygen atoms in total. The summed E-state index contributed by atoms with van der Waals surface area (Å²) in [5.41, 5.74) is -0.785. The molecular formula is C15H28O2. The zero-order chi connectivity index (χ0) is 12.9. The standard InChI is InChI=1S/C15H28O2/c1-6-11-8-7-9-15(11,16)12-10-13(2,3)17-14(12,4)5/h11-12,16H,6-10H2,1-5H3. The molecular weight excluding hydrogens is 212 g/mol. The molecule has 0 radical (unpaired) electrons. The molecule has 1 saturated heterocycles. The summed E-state index contributed by atoms with van der Waals surface area (Å²) >= 11 is 0. The van der Waals surface area contributed by atoms with Gasteiger partial charge in [0.1, 0.15) is 0 Å². The summed E-state index contributed by atoms with van der Waals surface area (Å²) in [5.74, 6) is 0.738. The molecule has 0 aromatic heterocycles. The van der Waals surface area contributed by atoms with E-state index >= 15 is 0 Å². The van der Waals surface area contributed by atoms with Gasteiger partial charge in [0.05, 0.1) is 16.8 Å². The van der Waals surface area contributed by atoms with Crippen LogP contribution in [0.25, 0.3) is 0 Å². The van der Waals surface area contributed by atoms with Gasteiger partial charge in [-0.05, 0) is 52.9 Å². The molecule has 0 aromatic rings. The molecule has 1 N–H and O–H groups in total. The molecule has 0 spiro atoms. The van der Waals surface area contributed by atoms with E-state index in [4.69, 9.17) is 4.74 Å². The molecule has 3 atom stereocenters. The molecule has 0 amide bonds. The second-order valence-electron chi connectivity index (χ2n) is 7.21. The first-order valence-electron chi connectivity index (χ1n) is 7.14. The smallest absolute Gasteiger partial charge is 0.0732 e. The Labute approximate surface area is 106 Å². The van der Waals surface area contributed by atoms with Crippen molar-refractivity contribution in [1.82, 2.24) is 0 Å². The van der Waals surface area contributed by atoms with Gasteiger partial charge in [0.2, 0.25) is 0 Å². The number of ether oxygens (including phenoxy) is 1. The predicted octanol–water partition coefficient (Wildman–Crippen LogP) is 3.52. The predicted molar refractivity (Wildman–Crippen MR) is 69.9 cm³/mol. The molecule has 1 saturated carbocycles. The Kier molecular flexibility index (Phi) is 3.11. The van der Waals surface area contributed by atoms with E-state index in [1.54, 1.807) is 0 Å². The van der Waals surface area contributed by atoms with Gasteiger partial charge in [-0.15, -0.1) is 0 Å². The van der Waals surface area contributed by atoms with E-state index in [-0.39, 0.29) is 17.1 Å². The first-order chi connectivity index (χ1) is 7.71. The lowest BCUT2D eigenvalue weighted by Gasteiger charge is -2.41. The molecule has 1 aliphatic heterocycles. The Bertz CT molecular complexity index is 295. The highest BCUT2D eigenvalue weighted by molar-refractivity contribution is 5.07. The Hall–Kier alpha value is -0.0800. The first-order valence-corrected chi connectivity index (χ1v) is 7.14. The average molecular weight is 240 g/mol. The fourth-order valence-corrected chi connectivity index (χ4v) is 4.44. The Morgan fingerprint density at radius 1 is 1.24 bits per heavy atom. The maximum atomic E-state index is 11.1. The van der Waals surface area contributed by atoms with Crippen molar-refractivity contribution in [2.75, 3.05) is 0 Å². The second kappa shape index (κ2) is 3.96. The molecule has 2 aliphatic rings. The lowest BCUT2D eigenvalue weighted by atomic mass is 9.69. The first kappa shape index (κ1) is 13.4. The average Bonchev–Trinajstić information content (AvgIpc) is 2.64. The third kappa shape index (κ3) is 2.15. The van der Waals surface area contributed by atoms with Gasteiger partial charge in [-0.3, -0.25) is 0 Å².